The first-order chi connectivity index (χ1) is 12.7. The Morgan fingerprint density at radius 1 is 1.19 bits per heavy atom. The molecule has 0 saturated carbocycles. The van der Waals surface area contributed by atoms with Crippen molar-refractivity contribution < 1.29 is 23.7 Å². The van der Waals surface area contributed by atoms with Crippen LogP contribution in [0.1, 0.15) is 24.5 Å². The van der Waals surface area contributed by atoms with Crippen LogP contribution in [0.3, 0.4) is 0 Å². The van der Waals surface area contributed by atoms with Gasteiger partial charge in [0, 0.05) is 32.6 Å². The molecule has 1 aliphatic heterocycles. The largest absolute Gasteiger partial charge is 0.489 e. The number of carboxylic acid groups (broad SMARTS) is 1. The highest BCUT2D eigenvalue weighted by Gasteiger charge is 2.34. The van der Waals surface area contributed by atoms with Crippen molar-refractivity contribution in [2.24, 2.45) is 5.92 Å². The molecule has 8 heteroatoms. The summed E-state index contributed by atoms with van der Waals surface area (Å²) in [5.41, 5.74) is 1.69. The molecule has 3 N–H and O–H groups in total. The number of carboxylic acids is 1. The fourth-order valence-corrected chi connectivity index (χ4v) is 5.02. The number of hydrogen-bond acceptors (Lipinski definition) is 4. The first-order valence-electron chi connectivity index (χ1n) is 8.16. The molecule has 0 bridgehead atoms. The number of benzene rings is 2. The SMILES string of the molecule is CCC(C(=O)O)C1=CS(O)(O)c2cc(OCc3ccc(Cl)cc3Cl)ccc21. The van der Waals surface area contributed by atoms with Gasteiger partial charge >= 0.3 is 5.97 Å². The third-order valence-corrected chi connectivity index (χ3v) is 6.52. The standard InChI is InChI=1S/C19H18Cl2O5S/c1-2-14(19(22)23)16-10-27(24,25)18-8-13(5-6-15(16)18)26-9-11-3-4-12(20)7-17(11)21/h3-8,10,14,24-25H,2,9H2,1H3,(H,22,23). The lowest BCUT2D eigenvalue weighted by Crippen LogP contribution is -2.13. The molecule has 1 heterocycles. The monoisotopic (exact) mass is 428 g/mol. The molecule has 0 fully saturated rings. The summed E-state index contributed by atoms with van der Waals surface area (Å²) in [7, 11) is -3.21. The lowest BCUT2D eigenvalue weighted by molar-refractivity contribution is -0.139. The van der Waals surface area contributed by atoms with E-state index in [-0.39, 0.29) is 11.5 Å². The molecule has 1 atom stereocenters. The highest BCUT2D eigenvalue weighted by atomic mass is 35.5. The molecule has 1 unspecified atom stereocenters. The minimum atomic E-state index is -3.21. The maximum absolute atomic E-state index is 11.5. The number of rotatable bonds is 6. The summed E-state index contributed by atoms with van der Waals surface area (Å²) in [4.78, 5) is 11.8. The van der Waals surface area contributed by atoms with Crippen LogP contribution in [0.15, 0.2) is 46.7 Å². The molecule has 0 saturated heterocycles. The van der Waals surface area contributed by atoms with Crippen LogP contribution in [0.2, 0.25) is 10.0 Å². The number of halogens is 2. The number of ether oxygens (including phenoxy) is 1. The van der Waals surface area contributed by atoms with Gasteiger partial charge < -0.3 is 9.84 Å². The van der Waals surface area contributed by atoms with E-state index in [4.69, 9.17) is 27.9 Å². The third kappa shape index (κ3) is 4.10. The Hall–Kier alpha value is -1.70. The van der Waals surface area contributed by atoms with Gasteiger partial charge in [0.2, 0.25) is 0 Å². The van der Waals surface area contributed by atoms with Crippen LogP contribution in [0.25, 0.3) is 5.57 Å². The molecule has 0 spiro atoms. The van der Waals surface area contributed by atoms with Crippen LogP contribution in [-0.4, -0.2) is 20.2 Å². The molecule has 27 heavy (non-hydrogen) atoms. The zero-order chi connectivity index (χ0) is 19.8. The van der Waals surface area contributed by atoms with Crippen LogP contribution in [-0.2, 0) is 11.4 Å². The molecule has 1 aliphatic rings. The molecule has 2 aromatic rings. The predicted molar refractivity (Wildman–Crippen MR) is 108 cm³/mol. The van der Waals surface area contributed by atoms with Crippen molar-refractivity contribution in [2.45, 2.75) is 24.8 Å². The van der Waals surface area contributed by atoms with Gasteiger partial charge in [-0.3, -0.25) is 13.9 Å². The van der Waals surface area contributed by atoms with Crippen molar-refractivity contribution in [3.05, 3.63) is 63.0 Å². The van der Waals surface area contributed by atoms with E-state index in [1.54, 1.807) is 37.3 Å². The van der Waals surface area contributed by atoms with E-state index in [2.05, 4.69) is 0 Å². The Morgan fingerprint density at radius 2 is 1.93 bits per heavy atom. The summed E-state index contributed by atoms with van der Waals surface area (Å²) in [6, 6.07) is 9.95. The Morgan fingerprint density at radius 3 is 2.56 bits per heavy atom. The summed E-state index contributed by atoms with van der Waals surface area (Å²) in [6.07, 6.45) is 0.351. The van der Waals surface area contributed by atoms with E-state index < -0.39 is 22.5 Å². The van der Waals surface area contributed by atoms with E-state index in [1.165, 1.54) is 11.5 Å². The second-order valence-electron chi connectivity index (χ2n) is 6.15. The minimum Gasteiger partial charge on any atom is -0.489 e. The average molecular weight is 429 g/mol. The average Bonchev–Trinajstić information content (AvgIpc) is 2.85. The van der Waals surface area contributed by atoms with Crippen LogP contribution in [0.5, 0.6) is 5.75 Å². The fourth-order valence-electron chi connectivity index (χ4n) is 2.98. The maximum atomic E-state index is 11.5. The van der Waals surface area contributed by atoms with Crippen molar-refractivity contribution in [1.82, 2.24) is 0 Å². The summed E-state index contributed by atoms with van der Waals surface area (Å²) in [5, 5.41) is 11.7. The normalized spacial score (nSPS) is 17.0. The van der Waals surface area contributed by atoms with Crippen molar-refractivity contribution >= 4 is 45.3 Å². The van der Waals surface area contributed by atoms with E-state index in [0.29, 0.717) is 33.4 Å². The molecule has 0 amide bonds. The first kappa shape index (κ1) is 20.0. The van der Waals surface area contributed by atoms with Crippen LogP contribution in [0, 0.1) is 5.92 Å². The van der Waals surface area contributed by atoms with E-state index in [1.807, 2.05) is 0 Å². The van der Waals surface area contributed by atoms with Crippen molar-refractivity contribution in [3.63, 3.8) is 0 Å². The van der Waals surface area contributed by atoms with Gasteiger partial charge in [-0.15, -0.1) is 10.6 Å². The molecule has 3 rings (SSSR count). The summed E-state index contributed by atoms with van der Waals surface area (Å²) < 4.78 is 26.5. The van der Waals surface area contributed by atoms with Crippen LogP contribution in [0.4, 0.5) is 0 Å². The summed E-state index contributed by atoms with van der Waals surface area (Å²) >= 11 is 12.0. The first-order valence-corrected chi connectivity index (χ1v) is 10.5. The summed E-state index contributed by atoms with van der Waals surface area (Å²) in [6.45, 7) is 1.93. The molecule has 0 aromatic heterocycles. The third-order valence-electron chi connectivity index (χ3n) is 4.37. The number of carbonyl (C=O) groups is 1. The van der Waals surface area contributed by atoms with Crippen molar-refractivity contribution in [2.75, 3.05) is 0 Å². The highest BCUT2D eigenvalue weighted by Crippen LogP contribution is 2.61. The van der Waals surface area contributed by atoms with Crippen molar-refractivity contribution in [1.29, 1.82) is 0 Å². The Bertz CT molecular complexity index is 926. The van der Waals surface area contributed by atoms with Gasteiger partial charge in [-0.25, -0.2) is 0 Å². The minimum absolute atomic E-state index is 0.182. The molecule has 0 aliphatic carbocycles. The molecule has 5 nitrogen and oxygen atoms in total. The van der Waals surface area contributed by atoms with E-state index in [9.17, 15) is 19.0 Å². The lowest BCUT2D eigenvalue weighted by atomic mass is 9.92. The van der Waals surface area contributed by atoms with E-state index >= 15 is 0 Å². The van der Waals surface area contributed by atoms with Crippen LogP contribution >= 0.6 is 33.8 Å². The predicted octanol–water partition coefficient (Wildman–Crippen LogP) is 6.15. The van der Waals surface area contributed by atoms with Gasteiger partial charge in [0.25, 0.3) is 0 Å². The Kier molecular flexibility index (Phi) is 5.74. The van der Waals surface area contributed by atoms with Crippen LogP contribution < -0.4 is 4.74 Å². The van der Waals surface area contributed by atoms with Gasteiger partial charge in [0.1, 0.15) is 12.4 Å². The number of fused-ring (bicyclic) bond motifs is 1. The zero-order valence-corrected chi connectivity index (χ0v) is 16.7. The number of aliphatic carboxylic acids is 1. The van der Waals surface area contributed by atoms with Gasteiger partial charge in [0.15, 0.2) is 0 Å². The molecule has 144 valence electrons. The molecular weight excluding hydrogens is 411 g/mol. The van der Waals surface area contributed by atoms with Gasteiger partial charge in [0.05, 0.1) is 10.8 Å². The van der Waals surface area contributed by atoms with Gasteiger partial charge in [-0.05, 0) is 36.3 Å². The molecule has 2 aromatic carbocycles. The highest BCUT2D eigenvalue weighted by molar-refractivity contribution is 8.27. The fraction of sp³-hybridized carbons (Fsp3) is 0.211. The Balaban J connectivity index is 1.86. The summed E-state index contributed by atoms with van der Waals surface area (Å²) in [5.74, 6) is -1.36. The van der Waals surface area contributed by atoms with Crippen molar-refractivity contribution in [3.8, 4) is 5.75 Å². The van der Waals surface area contributed by atoms with Gasteiger partial charge in [-0.2, -0.15) is 0 Å². The lowest BCUT2D eigenvalue weighted by Gasteiger charge is -2.25. The second-order valence-corrected chi connectivity index (χ2v) is 8.85. The second kappa shape index (κ2) is 7.73. The quantitative estimate of drug-likeness (QED) is 0.513. The molecule has 0 radical (unpaired) electrons. The van der Waals surface area contributed by atoms with Gasteiger partial charge in [-0.1, -0.05) is 36.2 Å². The molecular formula is C19H18Cl2O5S. The Labute approximate surface area is 168 Å². The zero-order valence-electron chi connectivity index (χ0n) is 14.4. The maximum Gasteiger partial charge on any atom is 0.311 e. The smallest absolute Gasteiger partial charge is 0.311 e. The van der Waals surface area contributed by atoms with E-state index in [0.717, 1.165) is 5.56 Å². The topological polar surface area (TPSA) is 87.0 Å². The number of hydrogen-bond donors (Lipinski definition) is 3.